The quantitative estimate of drug-likeness (QED) is 0.158. The van der Waals surface area contributed by atoms with Gasteiger partial charge < -0.3 is 9.84 Å². The van der Waals surface area contributed by atoms with Gasteiger partial charge in [0.1, 0.15) is 6.10 Å². The van der Waals surface area contributed by atoms with Crippen molar-refractivity contribution in [2.75, 3.05) is 0 Å². The van der Waals surface area contributed by atoms with Crippen LogP contribution in [-0.4, -0.2) is 23.1 Å². The van der Waals surface area contributed by atoms with Crippen molar-refractivity contribution in [2.24, 2.45) is 17.8 Å². The van der Waals surface area contributed by atoms with E-state index in [4.69, 9.17) is 4.74 Å². The van der Waals surface area contributed by atoms with E-state index in [2.05, 4.69) is 20.8 Å². The highest BCUT2D eigenvalue weighted by atomic mass is 16.5. The van der Waals surface area contributed by atoms with Gasteiger partial charge in [-0.25, -0.2) is 0 Å². The SMILES string of the molecule is CCCCCCCCC(CCCCCCCCC(C)C)OC(=O)C1CCCCC1C(=O)O. The molecule has 3 unspecified atom stereocenters. The van der Waals surface area contributed by atoms with E-state index in [0.717, 1.165) is 44.4 Å². The van der Waals surface area contributed by atoms with Crippen molar-refractivity contribution < 1.29 is 19.4 Å². The molecule has 4 nitrogen and oxygen atoms in total. The van der Waals surface area contributed by atoms with Gasteiger partial charge in [0.15, 0.2) is 0 Å². The van der Waals surface area contributed by atoms with Crippen LogP contribution in [0.15, 0.2) is 0 Å². The van der Waals surface area contributed by atoms with E-state index in [-0.39, 0.29) is 12.1 Å². The van der Waals surface area contributed by atoms with Crippen LogP contribution in [0.4, 0.5) is 0 Å². The molecular weight excluding hydrogens is 400 g/mol. The molecule has 0 aromatic carbocycles. The Hall–Kier alpha value is -1.06. The van der Waals surface area contributed by atoms with Crippen molar-refractivity contribution in [3.8, 4) is 0 Å². The van der Waals surface area contributed by atoms with Gasteiger partial charge in [0.25, 0.3) is 0 Å². The molecule has 1 aliphatic carbocycles. The number of hydrogen-bond acceptors (Lipinski definition) is 3. The van der Waals surface area contributed by atoms with E-state index in [1.807, 2.05) is 0 Å². The first-order chi connectivity index (χ1) is 15.5. The lowest BCUT2D eigenvalue weighted by molar-refractivity contribution is -0.164. The van der Waals surface area contributed by atoms with Crippen molar-refractivity contribution in [3.05, 3.63) is 0 Å². The summed E-state index contributed by atoms with van der Waals surface area (Å²) in [4.78, 5) is 24.5. The molecule has 4 heteroatoms. The Bertz CT molecular complexity index is 488. The molecule has 1 N–H and O–H groups in total. The standard InChI is InChI=1S/C28H52O4/c1-4-5-6-7-11-14-19-24(20-15-12-9-8-10-13-18-23(2)3)32-28(31)26-22-17-16-21-25(26)27(29)30/h23-26H,4-22H2,1-3H3,(H,29,30). The maximum absolute atomic E-state index is 12.9. The van der Waals surface area contributed by atoms with Gasteiger partial charge in [-0.2, -0.15) is 0 Å². The minimum Gasteiger partial charge on any atom is -0.481 e. The third-order valence-electron chi connectivity index (χ3n) is 7.11. The molecule has 32 heavy (non-hydrogen) atoms. The zero-order chi connectivity index (χ0) is 23.6. The number of carboxylic acids is 1. The molecule has 3 atom stereocenters. The molecule has 0 spiro atoms. The van der Waals surface area contributed by atoms with Gasteiger partial charge in [0, 0.05) is 0 Å². The average molecular weight is 453 g/mol. The number of ether oxygens (including phenoxy) is 1. The summed E-state index contributed by atoms with van der Waals surface area (Å²) in [5.74, 6) is -1.29. The predicted molar refractivity (Wildman–Crippen MR) is 133 cm³/mol. The van der Waals surface area contributed by atoms with Crippen LogP contribution in [0.3, 0.4) is 0 Å². The predicted octanol–water partition coefficient (Wildman–Crippen LogP) is 8.32. The zero-order valence-electron chi connectivity index (χ0n) is 21.4. The lowest BCUT2D eigenvalue weighted by atomic mass is 9.79. The van der Waals surface area contributed by atoms with Crippen LogP contribution in [0.1, 0.15) is 143 Å². The number of hydrogen-bond donors (Lipinski definition) is 1. The number of carbonyl (C=O) groups is 2. The fraction of sp³-hybridized carbons (Fsp3) is 0.929. The van der Waals surface area contributed by atoms with Gasteiger partial charge in [-0.05, 0) is 44.4 Å². The Kier molecular flexibility index (Phi) is 16.6. The van der Waals surface area contributed by atoms with Crippen LogP contribution < -0.4 is 0 Å². The van der Waals surface area contributed by atoms with Crippen LogP contribution in [0.2, 0.25) is 0 Å². The zero-order valence-corrected chi connectivity index (χ0v) is 21.4. The van der Waals surface area contributed by atoms with Crippen molar-refractivity contribution in [1.29, 1.82) is 0 Å². The van der Waals surface area contributed by atoms with Crippen LogP contribution in [0.5, 0.6) is 0 Å². The Morgan fingerprint density at radius 3 is 1.72 bits per heavy atom. The highest BCUT2D eigenvalue weighted by Crippen LogP contribution is 2.32. The molecule has 0 bridgehead atoms. The second-order valence-corrected chi connectivity index (χ2v) is 10.5. The maximum Gasteiger partial charge on any atom is 0.310 e. The van der Waals surface area contributed by atoms with E-state index in [9.17, 15) is 14.7 Å². The number of carboxylic acid groups (broad SMARTS) is 1. The molecule has 0 radical (unpaired) electrons. The summed E-state index contributed by atoms with van der Waals surface area (Å²) in [7, 11) is 0. The first kappa shape index (κ1) is 29.0. The van der Waals surface area contributed by atoms with Crippen molar-refractivity contribution >= 4 is 11.9 Å². The molecule has 0 saturated heterocycles. The average Bonchev–Trinajstić information content (AvgIpc) is 2.77. The summed E-state index contributed by atoms with van der Waals surface area (Å²) < 4.78 is 5.97. The Labute approximate surface area is 198 Å². The topological polar surface area (TPSA) is 63.6 Å². The number of carbonyl (C=O) groups excluding carboxylic acids is 1. The Morgan fingerprint density at radius 1 is 0.750 bits per heavy atom. The summed E-state index contributed by atoms with van der Waals surface area (Å²) in [5.41, 5.74) is 0. The van der Waals surface area contributed by atoms with E-state index in [1.165, 1.54) is 70.6 Å². The molecular formula is C28H52O4. The van der Waals surface area contributed by atoms with E-state index < -0.39 is 17.8 Å². The smallest absolute Gasteiger partial charge is 0.310 e. The Balaban J connectivity index is 2.41. The van der Waals surface area contributed by atoms with Crippen LogP contribution >= 0.6 is 0 Å². The highest BCUT2D eigenvalue weighted by molar-refractivity contribution is 5.81. The first-order valence-corrected chi connectivity index (χ1v) is 13.9. The molecule has 0 amide bonds. The molecule has 0 heterocycles. The van der Waals surface area contributed by atoms with Crippen LogP contribution in [-0.2, 0) is 14.3 Å². The third-order valence-corrected chi connectivity index (χ3v) is 7.11. The molecule has 0 aliphatic heterocycles. The fourth-order valence-electron chi connectivity index (χ4n) is 5.01. The molecule has 0 aromatic rings. The van der Waals surface area contributed by atoms with E-state index in [1.54, 1.807) is 0 Å². The summed E-state index contributed by atoms with van der Waals surface area (Å²) in [5, 5.41) is 9.52. The molecule has 188 valence electrons. The van der Waals surface area contributed by atoms with Crippen molar-refractivity contribution in [2.45, 2.75) is 149 Å². The largest absolute Gasteiger partial charge is 0.481 e. The van der Waals surface area contributed by atoms with Crippen LogP contribution in [0, 0.1) is 17.8 Å². The van der Waals surface area contributed by atoms with Gasteiger partial charge in [-0.15, -0.1) is 0 Å². The minimum atomic E-state index is -0.836. The lowest BCUT2D eigenvalue weighted by Crippen LogP contribution is -2.35. The molecule has 1 saturated carbocycles. The highest BCUT2D eigenvalue weighted by Gasteiger charge is 2.37. The second kappa shape index (κ2) is 18.4. The van der Waals surface area contributed by atoms with Gasteiger partial charge in [0.05, 0.1) is 11.8 Å². The second-order valence-electron chi connectivity index (χ2n) is 10.5. The Morgan fingerprint density at radius 2 is 1.22 bits per heavy atom. The van der Waals surface area contributed by atoms with Gasteiger partial charge >= 0.3 is 11.9 Å². The van der Waals surface area contributed by atoms with Crippen molar-refractivity contribution in [3.63, 3.8) is 0 Å². The normalized spacial score (nSPS) is 19.8. The molecule has 0 aromatic heterocycles. The summed E-state index contributed by atoms with van der Waals surface area (Å²) >= 11 is 0. The number of aliphatic carboxylic acids is 1. The van der Waals surface area contributed by atoms with E-state index >= 15 is 0 Å². The molecule has 1 aliphatic rings. The van der Waals surface area contributed by atoms with Gasteiger partial charge in [-0.3, -0.25) is 9.59 Å². The van der Waals surface area contributed by atoms with Gasteiger partial charge in [0.2, 0.25) is 0 Å². The summed E-state index contributed by atoms with van der Waals surface area (Å²) in [6.07, 6.45) is 21.2. The monoisotopic (exact) mass is 452 g/mol. The molecule has 1 fully saturated rings. The maximum atomic E-state index is 12.9. The van der Waals surface area contributed by atoms with E-state index in [0.29, 0.717) is 12.8 Å². The fourth-order valence-corrected chi connectivity index (χ4v) is 5.01. The number of rotatable bonds is 19. The third kappa shape index (κ3) is 13.5. The molecule has 1 rings (SSSR count). The van der Waals surface area contributed by atoms with Crippen LogP contribution in [0.25, 0.3) is 0 Å². The van der Waals surface area contributed by atoms with Gasteiger partial charge in [-0.1, -0.05) is 104 Å². The first-order valence-electron chi connectivity index (χ1n) is 13.9. The summed E-state index contributed by atoms with van der Waals surface area (Å²) in [6.45, 7) is 6.81. The number of esters is 1. The van der Waals surface area contributed by atoms with Crippen molar-refractivity contribution in [1.82, 2.24) is 0 Å². The lowest BCUT2D eigenvalue weighted by Gasteiger charge is -2.29. The minimum absolute atomic E-state index is 0.0361. The number of unbranched alkanes of at least 4 members (excludes halogenated alkanes) is 10. The summed E-state index contributed by atoms with van der Waals surface area (Å²) in [6, 6.07) is 0.